The van der Waals surface area contributed by atoms with Gasteiger partial charge in [-0.1, -0.05) is 6.92 Å². The summed E-state index contributed by atoms with van der Waals surface area (Å²) in [6.45, 7) is 8.11. The molecule has 0 atom stereocenters. The number of fused-ring (bicyclic) bond motifs is 1. The molecule has 0 spiro atoms. The van der Waals surface area contributed by atoms with Gasteiger partial charge in [0.15, 0.2) is 0 Å². The molecule has 28 heavy (non-hydrogen) atoms. The summed E-state index contributed by atoms with van der Waals surface area (Å²) in [5.74, 6) is -2.33. The van der Waals surface area contributed by atoms with Gasteiger partial charge in [-0.15, -0.1) is 0 Å². The van der Waals surface area contributed by atoms with E-state index in [0.29, 0.717) is 5.92 Å². The van der Waals surface area contributed by atoms with Crippen molar-refractivity contribution in [2.75, 3.05) is 40.4 Å². The van der Waals surface area contributed by atoms with E-state index in [-0.39, 0.29) is 18.4 Å². The summed E-state index contributed by atoms with van der Waals surface area (Å²) in [7, 11) is 4.01. The summed E-state index contributed by atoms with van der Waals surface area (Å²) in [6.07, 6.45) is 4.05. The van der Waals surface area contributed by atoms with Gasteiger partial charge < -0.3 is 10.1 Å². The summed E-state index contributed by atoms with van der Waals surface area (Å²) in [6, 6.07) is 0. The Morgan fingerprint density at radius 1 is 1.32 bits per heavy atom. The Labute approximate surface area is 167 Å². The first kappa shape index (κ1) is 21.7. The average Bonchev–Trinajstić information content (AvgIpc) is 3.10. The summed E-state index contributed by atoms with van der Waals surface area (Å²) in [5, 5.41) is 7.80. The van der Waals surface area contributed by atoms with Gasteiger partial charge in [0.25, 0.3) is 5.92 Å². The standard InChI is InChI=1S/C21H36F2N4O/c1-5-28-15-20(2)8-6-16(7-9-20)19-17(13-26(4)11-10-24-3)25-27-14-21(22,23)12-18(19)27/h16,24H,5-15H2,1-4H3. The van der Waals surface area contributed by atoms with Crippen LogP contribution in [0.1, 0.15) is 62.4 Å². The fourth-order valence-corrected chi connectivity index (χ4v) is 4.72. The number of alkyl halides is 2. The van der Waals surface area contributed by atoms with E-state index in [2.05, 4.69) is 29.3 Å². The largest absolute Gasteiger partial charge is 0.381 e. The molecule has 1 aliphatic carbocycles. The number of hydrogen-bond donors (Lipinski definition) is 1. The Morgan fingerprint density at radius 3 is 2.68 bits per heavy atom. The van der Waals surface area contributed by atoms with Crippen molar-refractivity contribution in [2.24, 2.45) is 5.41 Å². The fourth-order valence-electron chi connectivity index (χ4n) is 4.72. The van der Waals surface area contributed by atoms with E-state index < -0.39 is 5.92 Å². The van der Waals surface area contributed by atoms with Crippen molar-refractivity contribution in [3.05, 3.63) is 17.0 Å². The highest BCUT2D eigenvalue weighted by Gasteiger charge is 2.43. The monoisotopic (exact) mass is 398 g/mol. The highest BCUT2D eigenvalue weighted by atomic mass is 19.3. The van der Waals surface area contributed by atoms with E-state index in [1.165, 1.54) is 0 Å². The van der Waals surface area contributed by atoms with Crippen molar-refractivity contribution in [1.29, 1.82) is 0 Å². The predicted octanol–water partition coefficient (Wildman–Crippen LogP) is 3.43. The second-order valence-electron chi connectivity index (χ2n) is 9.06. The van der Waals surface area contributed by atoms with Crippen molar-refractivity contribution in [3.63, 3.8) is 0 Å². The molecule has 1 aliphatic heterocycles. The molecule has 0 amide bonds. The Balaban J connectivity index is 1.77. The topological polar surface area (TPSA) is 42.3 Å². The lowest BCUT2D eigenvalue weighted by Crippen LogP contribution is -2.30. The van der Waals surface area contributed by atoms with Crippen LogP contribution < -0.4 is 5.32 Å². The van der Waals surface area contributed by atoms with Crippen LogP contribution in [0.5, 0.6) is 0 Å². The maximum absolute atomic E-state index is 14.0. The Bertz CT molecular complexity index is 653. The first-order valence-electron chi connectivity index (χ1n) is 10.6. The summed E-state index contributed by atoms with van der Waals surface area (Å²) < 4.78 is 35.4. The normalized spacial score (nSPS) is 26.8. The number of ether oxygens (including phenoxy) is 1. The van der Waals surface area contributed by atoms with E-state index in [1.54, 1.807) is 4.68 Å². The zero-order valence-electron chi connectivity index (χ0n) is 17.9. The highest BCUT2D eigenvalue weighted by molar-refractivity contribution is 5.34. The number of hydrogen-bond acceptors (Lipinski definition) is 4. The molecule has 1 aromatic rings. The van der Waals surface area contributed by atoms with Crippen molar-refractivity contribution in [1.82, 2.24) is 20.0 Å². The number of halogens is 2. The Hall–Kier alpha value is -1.05. The molecule has 0 saturated heterocycles. The van der Waals surface area contributed by atoms with Gasteiger partial charge in [0.05, 0.1) is 18.7 Å². The van der Waals surface area contributed by atoms with E-state index >= 15 is 0 Å². The van der Waals surface area contributed by atoms with Crippen LogP contribution in [0.4, 0.5) is 8.78 Å². The van der Waals surface area contributed by atoms with Gasteiger partial charge in [0.1, 0.15) is 6.54 Å². The molecule has 0 unspecified atom stereocenters. The van der Waals surface area contributed by atoms with Crippen LogP contribution in [0.2, 0.25) is 0 Å². The fraction of sp³-hybridized carbons (Fsp3) is 0.857. The third-order valence-corrected chi connectivity index (χ3v) is 6.40. The summed E-state index contributed by atoms with van der Waals surface area (Å²) >= 11 is 0. The molecule has 1 fully saturated rings. The lowest BCUT2D eigenvalue weighted by molar-refractivity contribution is 0.000581. The quantitative estimate of drug-likeness (QED) is 0.692. The zero-order chi connectivity index (χ0) is 20.4. The third-order valence-electron chi connectivity index (χ3n) is 6.40. The van der Waals surface area contributed by atoms with Gasteiger partial charge >= 0.3 is 0 Å². The van der Waals surface area contributed by atoms with Gasteiger partial charge in [-0.05, 0) is 58.0 Å². The Kier molecular flexibility index (Phi) is 6.77. The van der Waals surface area contributed by atoms with Crippen molar-refractivity contribution >= 4 is 0 Å². The molecule has 2 aliphatic rings. The van der Waals surface area contributed by atoms with Crippen LogP contribution in [0, 0.1) is 5.41 Å². The zero-order valence-corrected chi connectivity index (χ0v) is 17.9. The molecule has 5 nitrogen and oxygen atoms in total. The number of nitrogens with one attached hydrogen (secondary N) is 1. The molecule has 1 saturated carbocycles. The van der Waals surface area contributed by atoms with E-state index in [0.717, 1.165) is 75.5 Å². The number of rotatable bonds is 9. The van der Waals surface area contributed by atoms with Crippen LogP contribution in [0.3, 0.4) is 0 Å². The molecule has 7 heteroatoms. The van der Waals surface area contributed by atoms with E-state index in [4.69, 9.17) is 4.74 Å². The second-order valence-corrected chi connectivity index (χ2v) is 9.06. The highest BCUT2D eigenvalue weighted by Crippen LogP contribution is 2.46. The number of aromatic nitrogens is 2. The number of likely N-dealkylation sites (N-methyl/N-ethyl adjacent to an activating group) is 2. The summed E-state index contributed by atoms with van der Waals surface area (Å²) in [5.41, 5.74) is 3.10. The minimum atomic E-state index is -2.66. The van der Waals surface area contributed by atoms with Crippen LogP contribution in [0.25, 0.3) is 0 Å². The molecule has 1 aromatic heterocycles. The average molecular weight is 399 g/mol. The lowest BCUT2D eigenvalue weighted by Gasteiger charge is -2.37. The van der Waals surface area contributed by atoms with Crippen molar-refractivity contribution in [2.45, 2.75) is 70.9 Å². The third kappa shape index (κ3) is 4.92. The van der Waals surface area contributed by atoms with Crippen molar-refractivity contribution in [3.8, 4) is 0 Å². The molecular weight excluding hydrogens is 362 g/mol. The number of nitrogens with zero attached hydrogens (tertiary/aromatic N) is 3. The van der Waals surface area contributed by atoms with Crippen molar-refractivity contribution < 1.29 is 13.5 Å². The van der Waals surface area contributed by atoms with Crippen LogP contribution in [-0.4, -0.2) is 61.0 Å². The first-order valence-corrected chi connectivity index (χ1v) is 10.6. The van der Waals surface area contributed by atoms with Crippen LogP contribution in [0.15, 0.2) is 0 Å². The minimum Gasteiger partial charge on any atom is -0.381 e. The minimum absolute atomic E-state index is 0.164. The predicted molar refractivity (Wildman–Crippen MR) is 107 cm³/mol. The van der Waals surface area contributed by atoms with Crippen LogP contribution in [-0.2, 0) is 24.2 Å². The van der Waals surface area contributed by atoms with Gasteiger partial charge in [-0.3, -0.25) is 9.58 Å². The molecule has 0 radical (unpaired) electrons. The Morgan fingerprint density at radius 2 is 2.04 bits per heavy atom. The second kappa shape index (κ2) is 8.76. The molecular formula is C21H36F2N4O. The van der Waals surface area contributed by atoms with Gasteiger partial charge in [0, 0.05) is 37.5 Å². The maximum Gasteiger partial charge on any atom is 0.272 e. The maximum atomic E-state index is 14.0. The molecule has 3 rings (SSSR count). The SMILES string of the molecule is CCOCC1(C)CCC(c2c(CN(C)CCNC)nn3c2CC(F)(F)C3)CC1. The molecule has 160 valence electrons. The van der Waals surface area contributed by atoms with Gasteiger partial charge in [-0.2, -0.15) is 5.10 Å². The summed E-state index contributed by atoms with van der Waals surface area (Å²) in [4.78, 5) is 2.22. The van der Waals surface area contributed by atoms with E-state index in [9.17, 15) is 8.78 Å². The van der Waals surface area contributed by atoms with Gasteiger partial charge in [-0.25, -0.2) is 8.78 Å². The molecule has 1 N–H and O–H groups in total. The van der Waals surface area contributed by atoms with Gasteiger partial charge in [0.2, 0.25) is 0 Å². The smallest absolute Gasteiger partial charge is 0.272 e. The molecule has 0 bridgehead atoms. The lowest BCUT2D eigenvalue weighted by atomic mass is 9.70. The van der Waals surface area contributed by atoms with Crippen LogP contribution >= 0.6 is 0 Å². The molecule has 2 heterocycles. The van der Waals surface area contributed by atoms with E-state index in [1.807, 2.05) is 14.0 Å². The first-order chi connectivity index (χ1) is 13.3. The molecule has 0 aromatic carbocycles.